The van der Waals surface area contributed by atoms with E-state index in [0.29, 0.717) is 18.1 Å². The Hall–Kier alpha value is -3.06. The molecule has 2 N–H and O–H groups in total. The monoisotopic (exact) mass is 566 g/mol. The van der Waals surface area contributed by atoms with Gasteiger partial charge in [-0.05, 0) is 74.0 Å². The van der Waals surface area contributed by atoms with Crippen molar-refractivity contribution in [3.05, 3.63) is 90.0 Å². The molecule has 4 atom stereocenters. The van der Waals surface area contributed by atoms with Gasteiger partial charge in [-0.25, -0.2) is 4.79 Å². The molecule has 3 nitrogen and oxygen atoms in total. The van der Waals surface area contributed by atoms with Crippen LogP contribution in [0.4, 0.5) is 36.8 Å². The molecule has 1 unspecified atom stereocenters. The molecule has 208 valence electrons. The first kappa shape index (κ1) is 28.9. The topological polar surface area (TPSA) is 41.1 Å². The molecule has 0 aliphatic heterocycles. The lowest BCUT2D eigenvalue weighted by molar-refractivity contribution is -0.143. The van der Waals surface area contributed by atoms with Gasteiger partial charge in [-0.1, -0.05) is 67.6 Å². The van der Waals surface area contributed by atoms with Crippen LogP contribution in [-0.2, 0) is 12.4 Å². The fourth-order valence-electron chi connectivity index (χ4n) is 5.39. The van der Waals surface area contributed by atoms with Gasteiger partial charge in [-0.3, -0.25) is 0 Å². The molecule has 0 bridgehead atoms. The SMILES string of the molecule is CC1CC[C@H]([C@H](C)NC(=O)Nc2cc(C(F)(F)F)cc(C(F)(F)F)c2)[C@@H]1P(c1ccccc1)c1ccccc1. The highest BCUT2D eigenvalue weighted by molar-refractivity contribution is 7.73. The van der Waals surface area contributed by atoms with Gasteiger partial charge < -0.3 is 10.6 Å². The van der Waals surface area contributed by atoms with Crippen LogP contribution in [0.15, 0.2) is 78.9 Å². The van der Waals surface area contributed by atoms with E-state index in [1.54, 1.807) is 0 Å². The van der Waals surface area contributed by atoms with E-state index in [4.69, 9.17) is 0 Å². The van der Waals surface area contributed by atoms with Gasteiger partial charge in [0.15, 0.2) is 0 Å². The van der Waals surface area contributed by atoms with Crippen molar-refractivity contribution in [1.29, 1.82) is 0 Å². The second-order valence-electron chi connectivity index (χ2n) is 9.93. The fourth-order valence-corrected chi connectivity index (χ4v) is 8.81. The van der Waals surface area contributed by atoms with E-state index in [2.05, 4.69) is 41.8 Å². The van der Waals surface area contributed by atoms with Gasteiger partial charge in [0.1, 0.15) is 0 Å². The second-order valence-corrected chi connectivity index (χ2v) is 12.3. The summed E-state index contributed by atoms with van der Waals surface area (Å²) >= 11 is 0. The molecule has 0 saturated heterocycles. The number of urea groups is 1. The zero-order chi connectivity index (χ0) is 28.4. The number of carbonyl (C=O) groups excluding carboxylic acids is 1. The summed E-state index contributed by atoms with van der Waals surface area (Å²) in [6.45, 7) is 4.03. The molecule has 1 aliphatic carbocycles. The van der Waals surface area contributed by atoms with Crippen LogP contribution in [0, 0.1) is 11.8 Å². The van der Waals surface area contributed by atoms with Crippen LogP contribution in [0.3, 0.4) is 0 Å². The highest BCUT2D eigenvalue weighted by atomic mass is 31.1. The molecule has 39 heavy (non-hydrogen) atoms. The Balaban J connectivity index is 1.56. The number of hydrogen-bond acceptors (Lipinski definition) is 1. The number of anilines is 1. The predicted octanol–water partition coefficient (Wildman–Crippen LogP) is 7.78. The molecule has 1 fully saturated rings. The Labute approximate surface area is 224 Å². The Morgan fingerprint density at radius 3 is 1.77 bits per heavy atom. The maximum atomic E-state index is 13.2. The van der Waals surface area contributed by atoms with Crippen molar-refractivity contribution in [2.75, 3.05) is 5.32 Å². The van der Waals surface area contributed by atoms with E-state index in [1.807, 2.05) is 43.3 Å². The van der Waals surface area contributed by atoms with Gasteiger partial charge in [0.2, 0.25) is 0 Å². The van der Waals surface area contributed by atoms with Gasteiger partial charge in [-0.2, -0.15) is 26.3 Å². The summed E-state index contributed by atoms with van der Waals surface area (Å²) in [7, 11) is -0.793. The van der Waals surface area contributed by atoms with E-state index in [-0.39, 0.29) is 23.7 Å². The molecule has 4 rings (SSSR count). The zero-order valence-corrected chi connectivity index (χ0v) is 22.2. The minimum absolute atomic E-state index is 0.0334. The van der Waals surface area contributed by atoms with Crippen LogP contribution >= 0.6 is 7.92 Å². The van der Waals surface area contributed by atoms with Gasteiger partial charge in [-0.15, -0.1) is 0 Å². The van der Waals surface area contributed by atoms with Crippen molar-refractivity contribution >= 4 is 30.2 Å². The fraction of sp³-hybridized carbons (Fsp3) is 0.345. The second kappa shape index (κ2) is 11.6. The third kappa shape index (κ3) is 6.93. The van der Waals surface area contributed by atoms with Crippen LogP contribution in [-0.4, -0.2) is 17.7 Å². The Bertz CT molecular complexity index is 1190. The highest BCUT2D eigenvalue weighted by Gasteiger charge is 2.43. The molecule has 3 aromatic rings. The molecule has 0 heterocycles. The van der Waals surface area contributed by atoms with Crippen molar-refractivity contribution in [2.24, 2.45) is 11.8 Å². The zero-order valence-electron chi connectivity index (χ0n) is 21.4. The van der Waals surface area contributed by atoms with Crippen molar-refractivity contribution in [1.82, 2.24) is 5.32 Å². The van der Waals surface area contributed by atoms with E-state index in [0.717, 1.165) is 12.8 Å². The first-order valence-electron chi connectivity index (χ1n) is 12.6. The average molecular weight is 567 g/mol. The number of hydrogen-bond donors (Lipinski definition) is 2. The Morgan fingerprint density at radius 2 is 1.31 bits per heavy atom. The number of amides is 2. The van der Waals surface area contributed by atoms with Crippen molar-refractivity contribution in [3.8, 4) is 0 Å². The molecule has 1 aliphatic rings. The van der Waals surface area contributed by atoms with Crippen LogP contribution in [0.1, 0.15) is 37.8 Å². The van der Waals surface area contributed by atoms with Gasteiger partial charge in [0.05, 0.1) is 11.1 Å². The molecular formula is C29H29F6N2OP. The van der Waals surface area contributed by atoms with Crippen LogP contribution < -0.4 is 21.2 Å². The van der Waals surface area contributed by atoms with E-state index < -0.39 is 43.1 Å². The minimum Gasteiger partial charge on any atom is -0.335 e. The number of alkyl halides is 6. The molecule has 10 heteroatoms. The predicted molar refractivity (Wildman–Crippen MR) is 143 cm³/mol. The van der Waals surface area contributed by atoms with Crippen molar-refractivity contribution in [3.63, 3.8) is 0 Å². The molecule has 0 aromatic heterocycles. The van der Waals surface area contributed by atoms with Crippen LogP contribution in [0.2, 0.25) is 0 Å². The third-order valence-corrected chi connectivity index (χ3v) is 10.4. The number of rotatable bonds is 6. The van der Waals surface area contributed by atoms with Gasteiger partial charge in [0.25, 0.3) is 0 Å². The van der Waals surface area contributed by atoms with Crippen molar-refractivity contribution in [2.45, 2.75) is 50.7 Å². The van der Waals surface area contributed by atoms with Crippen molar-refractivity contribution < 1.29 is 31.1 Å². The Kier molecular flexibility index (Phi) is 8.60. The number of carbonyl (C=O) groups is 1. The lowest BCUT2D eigenvalue weighted by Gasteiger charge is -2.36. The summed E-state index contributed by atoms with van der Waals surface area (Å²) in [5.41, 5.74) is -3.33. The third-order valence-electron chi connectivity index (χ3n) is 7.19. The van der Waals surface area contributed by atoms with E-state index in [1.165, 1.54) is 10.6 Å². The first-order valence-corrected chi connectivity index (χ1v) is 14.0. The lowest BCUT2D eigenvalue weighted by atomic mass is 9.98. The van der Waals surface area contributed by atoms with E-state index in [9.17, 15) is 31.1 Å². The summed E-state index contributed by atoms with van der Waals surface area (Å²) in [5, 5.41) is 7.41. The minimum atomic E-state index is -5.00. The van der Waals surface area contributed by atoms with E-state index >= 15 is 0 Å². The molecular weight excluding hydrogens is 537 g/mol. The number of benzene rings is 3. The Morgan fingerprint density at radius 1 is 0.821 bits per heavy atom. The normalized spacial score (nSPS) is 20.6. The average Bonchev–Trinajstić information content (AvgIpc) is 3.25. The summed E-state index contributed by atoms with van der Waals surface area (Å²) in [6.07, 6.45) is -8.21. The number of nitrogens with one attached hydrogen (secondary N) is 2. The maximum absolute atomic E-state index is 13.2. The van der Waals surface area contributed by atoms with Crippen LogP contribution in [0.5, 0.6) is 0 Å². The molecule has 1 saturated carbocycles. The summed E-state index contributed by atoms with van der Waals surface area (Å²) in [4.78, 5) is 12.8. The standard InChI is InChI=1S/C29H29F6N2OP/c1-18-13-14-25(26(18)39(23-9-5-3-6-10-23)24-11-7-4-8-12-24)19(2)36-27(38)37-22-16-20(28(30,31)32)15-21(17-22)29(33,34)35/h3-12,15-19,25-26H,13-14H2,1-2H3,(H2,36,37,38)/t18?,19-,25+,26+/m0/s1. The molecule has 3 aromatic carbocycles. The molecule has 0 spiro atoms. The lowest BCUT2D eigenvalue weighted by Crippen LogP contribution is -2.44. The summed E-state index contributed by atoms with van der Waals surface area (Å²) in [6, 6.07) is 20.2. The van der Waals surface area contributed by atoms with Gasteiger partial charge in [0, 0.05) is 11.7 Å². The van der Waals surface area contributed by atoms with Gasteiger partial charge >= 0.3 is 18.4 Å². The molecule has 0 radical (unpaired) electrons. The summed E-state index contributed by atoms with van der Waals surface area (Å²) in [5.74, 6) is 0.413. The summed E-state index contributed by atoms with van der Waals surface area (Å²) < 4.78 is 79.4. The van der Waals surface area contributed by atoms with Crippen LogP contribution in [0.25, 0.3) is 0 Å². The molecule has 2 amide bonds. The largest absolute Gasteiger partial charge is 0.416 e. The first-order chi connectivity index (χ1) is 18.3. The smallest absolute Gasteiger partial charge is 0.335 e. The number of halogens is 6. The maximum Gasteiger partial charge on any atom is 0.416 e. The highest BCUT2D eigenvalue weighted by Crippen LogP contribution is 2.53. The quantitative estimate of drug-likeness (QED) is 0.232.